The summed E-state index contributed by atoms with van der Waals surface area (Å²) >= 11 is 0. The van der Waals surface area contributed by atoms with Crippen LogP contribution in [0.5, 0.6) is 11.5 Å². The predicted molar refractivity (Wildman–Crippen MR) is 160 cm³/mol. The average molecular weight is 572 g/mol. The summed E-state index contributed by atoms with van der Waals surface area (Å²) in [6.07, 6.45) is 8.28. The lowest BCUT2D eigenvalue weighted by Crippen LogP contribution is -2.27. The Hall–Kier alpha value is -2.82. The van der Waals surface area contributed by atoms with Crippen LogP contribution >= 0.6 is 0 Å². The van der Waals surface area contributed by atoms with Gasteiger partial charge in [0.2, 0.25) is 0 Å². The molecule has 9 heteroatoms. The number of benzene rings is 1. The Morgan fingerprint density at radius 2 is 1.76 bits per heavy atom. The summed E-state index contributed by atoms with van der Waals surface area (Å²) in [5, 5.41) is 43.4. The summed E-state index contributed by atoms with van der Waals surface area (Å²) < 4.78 is 11.9. The first-order chi connectivity index (χ1) is 19.8. The average Bonchev–Trinajstić information content (AvgIpc) is 3.61. The van der Waals surface area contributed by atoms with Crippen molar-refractivity contribution in [3.63, 3.8) is 0 Å². The summed E-state index contributed by atoms with van der Waals surface area (Å²) in [5.41, 5.74) is 9.07. The molecule has 0 aliphatic rings. The van der Waals surface area contributed by atoms with E-state index in [1.165, 1.54) is 0 Å². The van der Waals surface area contributed by atoms with E-state index in [9.17, 15) is 20.4 Å². The molecule has 2 aromatic heterocycles. The lowest BCUT2D eigenvalue weighted by atomic mass is 10.0. The van der Waals surface area contributed by atoms with Crippen molar-refractivity contribution in [3.8, 4) is 11.5 Å². The van der Waals surface area contributed by atoms with Crippen LogP contribution in [-0.2, 0) is 25.9 Å². The number of rotatable bonds is 20. The van der Waals surface area contributed by atoms with Gasteiger partial charge in [0.05, 0.1) is 12.7 Å². The van der Waals surface area contributed by atoms with Gasteiger partial charge in [-0.1, -0.05) is 32.3 Å². The maximum absolute atomic E-state index is 10.7. The van der Waals surface area contributed by atoms with Crippen LogP contribution < -0.4 is 15.8 Å². The van der Waals surface area contributed by atoms with Crippen molar-refractivity contribution >= 4 is 0 Å². The van der Waals surface area contributed by atoms with Gasteiger partial charge in [-0.05, 0) is 74.0 Å². The molecule has 41 heavy (non-hydrogen) atoms. The Labute approximate surface area is 243 Å². The zero-order chi connectivity index (χ0) is 29.6. The minimum atomic E-state index is -0.886. The molecule has 3 rings (SSSR count). The molecule has 8 N–H and O–H groups in total. The van der Waals surface area contributed by atoms with E-state index in [1.54, 1.807) is 19.1 Å². The number of furan rings is 1. The number of nitrogens with one attached hydrogen (secondary N) is 2. The second-order valence-electron chi connectivity index (χ2n) is 11.1. The molecule has 1 aromatic carbocycles. The van der Waals surface area contributed by atoms with Gasteiger partial charge in [0.15, 0.2) is 11.5 Å². The van der Waals surface area contributed by atoms with Gasteiger partial charge in [0, 0.05) is 43.4 Å². The fraction of sp³-hybridized carbons (Fsp3) is 0.562. The van der Waals surface area contributed by atoms with E-state index < -0.39 is 12.2 Å². The zero-order valence-corrected chi connectivity index (χ0v) is 24.6. The number of hydrogen-bond acceptors (Lipinski definition) is 8. The third-order valence-corrected chi connectivity index (χ3v) is 7.35. The largest absolute Gasteiger partial charge is 0.504 e. The third kappa shape index (κ3) is 10.8. The smallest absolute Gasteiger partial charge is 0.161 e. The molecular weight excluding hydrogens is 522 g/mol. The summed E-state index contributed by atoms with van der Waals surface area (Å²) in [6, 6.07) is 9.09. The molecule has 0 amide bonds. The van der Waals surface area contributed by atoms with Gasteiger partial charge in [0.1, 0.15) is 24.2 Å². The van der Waals surface area contributed by atoms with Gasteiger partial charge < -0.3 is 45.6 Å². The fourth-order valence-electron chi connectivity index (χ4n) is 4.85. The molecule has 9 nitrogen and oxygen atoms in total. The second kappa shape index (κ2) is 17.2. The van der Waals surface area contributed by atoms with E-state index in [0.29, 0.717) is 37.4 Å². The van der Waals surface area contributed by atoms with Crippen molar-refractivity contribution in [2.24, 2.45) is 5.73 Å². The highest BCUT2D eigenvalue weighted by Gasteiger charge is 2.16. The van der Waals surface area contributed by atoms with E-state index in [1.807, 2.05) is 24.4 Å². The van der Waals surface area contributed by atoms with Crippen LogP contribution in [0.4, 0.5) is 0 Å². The number of ether oxygens (including phenoxy) is 1. The zero-order valence-electron chi connectivity index (χ0n) is 24.6. The number of hydrogen-bond donors (Lipinski definition) is 7. The van der Waals surface area contributed by atoms with Crippen LogP contribution in [0.2, 0.25) is 0 Å². The van der Waals surface area contributed by atoms with Crippen LogP contribution in [0, 0.1) is 0 Å². The number of aryl methyl sites for hydroxylation is 3. The highest BCUT2D eigenvalue weighted by atomic mass is 16.5. The lowest BCUT2D eigenvalue weighted by Gasteiger charge is -2.14. The number of H-pyrrole nitrogens is 1. The third-order valence-electron chi connectivity index (χ3n) is 7.35. The molecule has 0 aliphatic carbocycles. The molecule has 0 saturated carbocycles. The van der Waals surface area contributed by atoms with Crippen molar-refractivity contribution in [1.82, 2.24) is 10.3 Å². The number of phenols is 1. The first-order valence-corrected chi connectivity index (χ1v) is 14.9. The maximum Gasteiger partial charge on any atom is 0.161 e. The predicted octanol–water partition coefficient (Wildman–Crippen LogP) is 4.23. The molecule has 2 heterocycles. The second-order valence-corrected chi connectivity index (χ2v) is 11.1. The van der Waals surface area contributed by atoms with Crippen LogP contribution in [-0.4, -0.2) is 57.8 Å². The Morgan fingerprint density at radius 3 is 2.51 bits per heavy atom. The summed E-state index contributed by atoms with van der Waals surface area (Å²) in [5.74, 6) is 2.23. The number of nitrogens with two attached hydrogens (primary N) is 1. The molecule has 0 bridgehead atoms. The highest BCUT2D eigenvalue weighted by molar-refractivity contribution is 5.42. The van der Waals surface area contributed by atoms with Gasteiger partial charge in [-0.3, -0.25) is 0 Å². The van der Waals surface area contributed by atoms with Gasteiger partial charge in [-0.2, -0.15) is 0 Å². The minimum absolute atomic E-state index is 0.0141. The molecule has 228 valence electrons. The fourth-order valence-corrected chi connectivity index (χ4v) is 4.85. The van der Waals surface area contributed by atoms with E-state index in [0.717, 1.165) is 73.3 Å². The summed E-state index contributed by atoms with van der Waals surface area (Å²) in [7, 11) is 0. The molecule has 0 spiro atoms. The van der Waals surface area contributed by atoms with Gasteiger partial charge in [0.25, 0.3) is 0 Å². The van der Waals surface area contributed by atoms with Crippen molar-refractivity contribution in [2.75, 3.05) is 26.2 Å². The Kier molecular flexibility index (Phi) is 13.7. The Balaban J connectivity index is 1.50. The van der Waals surface area contributed by atoms with E-state index >= 15 is 0 Å². The molecule has 3 atom stereocenters. The van der Waals surface area contributed by atoms with Gasteiger partial charge in [-0.25, -0.2) is 0 Å². The van der Waals surface area contributed by atoms with Crippen LogP contribution in [0.3, 0.4) is 0 Å². The highest BCUT2D eigenvalue weighted by Crippen LogP contribution is 2.29. The number of aromatic hydroxyl groups is 1. The van der Waals surface area contributed by atoms with Crippen molar-refractivity contribution in [3.05, 3.63) is 70.4 Å². The van der Waals surface area contributed by atoms with Crippen LogP contribution in [0.1, 0.15) is 91.9 Å². The standard InChI is InChI=1S/C32H49N3O6/c1-22(17-34-18-23(2)37)25-16-28(35-19-25)30(39)21-40-32-14-24(10-12-29(32)38)9-11-27-15-26(20-36)31(41-27)8-6-4-3-5-7-13-33/h10,12,14-16,19,22-23,30,34-39H,3-9,11,13,17-18,20-21,33H2,1-2H3. The number of unbranched alkanes of at least 4 members (excludes halogenated alkanes) is 4. The van der Waals surface area contributed by atoms with Crippen molar-refractivity contribution in [1.29, 1.82) is 0 Å². The van der Waals surface area contributed by atoms with Crippen molar-refractivity contribution in [2.45, 2.75) is 89.9 Å². The van der Waals surface area contributed by atoms with E-state index in [4.69, 9.17) is 14.9 Å². The number of aliphatic hydroxyl groups excluding tert-OH is 3. The molecule has 0 radical (unpaired) electrons. The lowest BCUT2D eigenvalue weighted by molar-refractivity contribution is 0.103. The monoisotopic (exact) mass is 571 g/mol. The van der Waals surface area contributed by atoms with E-state index in [-0.39, 0.29) is 24.9 Å². The molecule has 0 aliphatic heterocycles. The number of aromatic amines is 1. The topological polar surface area (TPSA) is 157 Å². The Morgan fingerprint density at radius 1 is 0.976 bits per heavy atom. The molecule has 3 unspecified atom stereocenters. The summed E-state index contributed by atoms with van der Waals surface area (Å²) in [4.78, 5) is 3.12. The van der Waals surface area contributed by atoms with E-state index in [2.05, 4.69) is 17.2 Å². The maximum atomic E-state index is 10.7. The summed E-state index contributed by atoms with van der Waals surface area (Å²) in [6.45, 7) is 5.76. The minimum Gasteiger partial charge on any atom is -0.504 e. The van der Waals surface area contributed by atoms with Gasteiger partial charge in [-0.15, -0.1) is 0 Å². The normalized spacial score (nSPS) is 13.8. The van der Waals surface area contributed by atoms with Crippen LogP contribution in [0.25, 0.3) is 0 Å². The molecule has 0 fully saturated rings. The SMILES string of the molecule is CC(O)CNCC(C)c1c[nH]c(C(O)COc2cc(CCc3cc(CO)c(CCCCCCCN)o3)ccc2O)c1. The first kappa shape index (κ1) is 32.7. The molecular formula is C32H49N3O6. The van der Waals surface area contributed by atoms with Crippen molar-refractivity contribution < 1.29 is 29.6 Å². The Bertz CT molecular complexity index is 1160. The van der Waals surface area contributed by atoms with Gasteiger partial charge >= 0.3 is 0 Å². The molecule has 3 aromatic rings. The quantitative estimate of drug-likeness (QED) is 0.0993. The number of aliphatic hydroxyl groups is 3. The number of phenolic OH excluding ortho intramolecular Hbond substituents is 1. The molecule has 0 saturated heterocycles. The first-order valence-electron chi connectivity index (χ1n) is 14.9. The van der Waals surface area contributed by atoms with Crippen LogP contribution in [0.15, 0.2) is 40.9 Å². The number of aromatic nitrogens is 1.